The number of anilines is 1. The highest BCUT2D eigenvalue weighted by molar-refractivity contribution is 8.01. The number of rotatable bonds is 5. The molecule has 0 aromatic heterocycles. The van der Waals surface area contributed by atoms with Gasteiger partial charge in [-0.05, 0) is 38.8 Å². The number of carbonyl (C=O) groups excluding carboxylic acids is 3. The number of benzene rings is 1. The smallest absolute Gasteiger partial charge is 0.315 e. The second-order valence-electron chi connectivity index (χ2n) is 5.62. The molecular formula is C17H21NO4S. The molecule has 1 aromatic rings. The molecule has 1 unspecified atom stereocenters. The van der Waals surface area contributed by atoms with E-state index < -0.39 is 5.25 Å². The van der Waals surface area contributed by atoms with Gasteiger partial charge in [0.05, 0.1) is 23.3 Å². The van der Waals surface area contributed by atoms with Crippen molar-refractivity contribution in [3.05, 3.63) is 28.8 Å². The Morgan fingerprint density at radius 3 is 2.43 bits per heavy atom. The zero-order valence-electron chi connectivity index (χ0n) is 13.8. The summed E-state index contributed by atoms with van der Waals surface area (Å²) in [6.07, 6.45) is 0.121. The molecule has 2 amide bonds. The van der Waals surface area contributed by atoms with Gasteiger partial charge in [0.2, 0.25) is 11.8 Å². The van der Waals surface area contributed by atoms with Gasteiger partial charge in [-0.1, -0.05) is 17.7 Å². The summed E-state index contributed by atoms with van der Waals surface area (Å²) in [7, 11) is 0. The van der Waals surface area contributed by atoms with Crippen molar-refractivity contribution >= 4 is 35.2 Å². The van der Waals surface area contributed by atoms with E-state index in [1.165, 1.54) is 16.7 Å². The number of esters is 1. The summed E-state index contributed by atoms with van der Waals surface area (Å²) in [6, 6.07) is 3.92. The Hall–Kier alpha value is -1.82. The normalized spacial score (nSPS) is 17.7. The molecule has 0 spiro atoms. The van der Waals surface area contributed by atoms with Crippen LogP contribution in [0.4, 0.5) is 5.69 Å². The number of carbonyl (C=O) groups is 3. The Morgan fingerprint density at radius 2 is 1.87 bits per heavy atom. The van der Waals surface area contributed by atoms with Crippen molar-refractivity contribution in [2.24, 2.45) is 0 Å². The average Bonchev–Trinajstić information content (AvgIpc) is 2.72. The van der Waals surface area contributed by atoms with Gasteiger partial charge in [-0.15, -0.1) is 11.8 Å². The lowest BCUT2D eigenvalue weighted by molar-refractivity contribution is -0.139. The topological polar surface area (TPSA) is 63.7 Å². The number of nitrogens with zero attached hydrogens (tertiary/aromatic N) is 1. The molecule has 0 radical (unpaired) electrons. The number of aryl methyl sites for hydroxylation is 3. The quantitative estimate of drug-likeness (QED) is 0.611. The van der Waals surface area contributed by atoms with Gasteiger partial charge in [0, 0.05) is 6.42 Å². The molecule has 1 saturated heterocycles. The summed E-state index contributed by atoms with van der Waals surface area (Å²) in [5, 5.41) is -0.521. The monoisotopic (exact) mass is 335 g/mol. The summed E-state index contributed by atoms with van der Waals surface area (Å²) in [4.78, 5) is 37.6. The Morgan fingerprint density at radius 1 is 1.26 bits per heavy atom. The molecule has 5 nitrogen and oxygen atoms in total. The number of thioether (sulfide) groups is 1. The first-order valence-corrected chi connectivity index (χ1v) is 8.61. The first-order valence-electron chi connectivity index (χ1n) is 7.57. The fourth-order valence-electron chi connectivity index (χ4n) is 2.87. The van der Waals surface area contributed by atoms with E-state index in [1.807, 2.05) is 32.9 Å². The number of hydrogen-bond donors (Lipinski definition) is 0. The van der Waals surface area contributed by atoms with Gasteiger partial charge < -0.3 is 4.74 Å². The number of imide groups is 1. The van der Waals surface area contributed by atoms with Crippen LogP contribution in [0.1, 0.15) is 30.0 Å². The van der Waals surface area contributed by atoms with Crippen LogP contribution in [0, 0.1) is 20.8 Å². The standard InChI is InChI=1S/C17H21NO4S/c1-5-22-15(20)9-23-13-8-14(19)18(17(13)21)16-11(3)6-10(2)7-12(16)4/h6-7,13H,5,8-9H2,1-4H3. The van der Waals surface area contributed by atoms with E-state index in [4.69, 9.17) is 4.74 Å². The maximum Gasteiger partial charge on any atom is 0.315 e. The Kier molecular flexibility index (Phi) is 5.46. The Balaban J connectivity index is 2.18. The van der Waals surface area contributed by atoms with Crippen LogP contribution in [0.3, 0.4) is 0 Å². The van der Waals surface area contributed by atoms with Gasteiger partial charge in [-0.25, -0.2) is 4.90 Å². The summed E-state index contributed by atoms with van der Waals surface area (Å²) in [5.74, 6) is -0.748. The second kappa shape index (κ2) is 7.17. The third kappa shape index (κ3) is 3.75. The van der Waals surface area contributed by atoms with Crippen LogP contribution in [-0.2, 0) is 19.1 Å². The van der Waals surface area contributed by atoms with Crippen molar-refractivity contribution in [1.82, 2.24) is 0 Å². The van der Waals surface area contributed by atoms with Gasteiger partial charge in [0.1, 0.15) is 0 Å². The van der Waals surface area contributed by atoms with Crippen molar-refractivity contribution in [3.8, 4) is 0 Å². The molecule has 0 saturated carbocycles. The minimum atomic E-state index is -0.521. The molecule has 0 bridgehead atoms. The summed E-state index contributed by atoms with van der Waals surface area (Å²) < 4.78 is 4.86. The zero-order chi connectivity index (χ0) is 17.1. The van der Waals surface area contributed by atoms with E-state index in [9.17, 15) is 14.4 Å². The first-order chi connectivity index (χ1) is 10.8. The maximum absolute atomic E-state index is 12.6. The molecule has 23 heavy (non-hydrogen) atoms. The molecule has 0 aliphatic carbocycles. The van der Waals surface area contributed by atoms with Crippen LogP contribution in [0.15, 0.2) is 12.1 Å². The molecular weight excluding hydrogens is 314 g/mol. The molecule has 1 fully saturated rings. The average molecular weight is 335 g/mol. The van der Waals surface area contributed by atoms with Gasteiger partial charge in [-0.3, -0.25) is 14.4 Å². The summed E-state index contributed by atoms with van der Waals surface area (Å²) >= 11 is 1.17. The SMILES string of the molecule is CCOC(=O)CSC1CC(=O)N(c2c(C)cc(C)cc2C)C1=O. The minimum absolute atomic E-state index is 0.0806. The van der Waals surface area contributed by atoms with Crippen molar-refractivity contribution in [2.75, 3.05) is 17.3 Å². The summed E-state index contributed by atoms with van der Waals surface area (Å²) in [6.45, 7) is 7.82. The van der Waals surface area contributed by atoms with Crippen LogP contribution in [0.2, 0.25) is 0 Å². The lowest BCUT2D eigenvalue weighted by Crippen LogP contribution is -2.32. The molecule has 1 atom stereocenters. The molecule has 6 heteroatoms. The van der Waals surface area contributed by atoms with Crippen molar-refractivity contribution in [1.29, 1.82) is 0 Å². The largest absolute Gasteiger partial charge is 0.465 e. The van der Waals surface area contributed by atoms with Crippen molar-refractivity contribution in [2.45, 2.75) is 39.4 Å². The van der Waals surface area contributed by atoms with E-state index in [1.54, 1.807) is 6.92 Å². The second-order valence-corrected chi connectivity index (χ2v) is 6.81. The van der Waals surface area contributed by atoms with Crippen molar-refractivity contribution in [3.63, 3.8) is 0 Å². The van der Waals surface area contributed by atoms with Crippen molar-refractivity contribution < 1.29 is 19.1 Å². The van der Waals surface area contributed by atoms with E-state index in [0.29, 0.717) is 12.3 Å². The highest BCUT2D eigenvalue weighted by Crippen LogP contribution is 2.34. The molecule has 1 heterocycles. The maximum atomic E-state index is 12.6. The predicted molar refractivity (Wildman–Crippen MR) is 90.6 cm³/mol. The van der Waals surface area contributed by atoms with Gasteiger partial charge in [-0.2, -0.15) is 0 Å². The van der Waals surface area contributed by atoms with Gasteiger partial charge in [0.25, 0.3) is 0 Å². The lowest BCUT2D eigenvalue weighted by atomic mass is 10.0. The number of ether oxygens (including phenoxy) is 1. The van der Waals surface area contributed by atoms with E-state index in [2.05, 4.69) is 0 Å². The van der Waals surface area contributed by atoms with Crippen LogP contribution < -0.4 is 4.90 Å². The fraction of sp³-hybridized carbons (Fsp3) is 0.471. The lowest BCUT2D eigenvalue weighted by Gasteiger charge is -2.20. The summed E-state index contributed by atoms with van der Waals surface area (Å²) in [5.41, 5.74) is 3.57. The highest BCUT2D eigenvalue weighted by Gasteiger charge is 2.41. The van der Waals surface area contributed by atoms with E-state index in [0.717, 1.165) is 16.7 Å². The molecule has 2 rings (SSSR count). The van der Waals surface area contributed by atoms with E-state index in [-0.39, 0.29) is 30.0 Å². The van der Waals surface area contributed by atoms with Crippen LogP contribution in [-0.4, -0.2) is 35.4 Å². The molecule has 124 valence electrons. The molecule has 0 N–H and O–H groups in total. The van der Waals surface area contributed by atoms with E-state index >= 15 is 0 Å². The molecule has 1 aliphatic rings. The third-order valence-corrected chi connectivity index (χ3v) is 4.84. The van der Waals surface area contributed by atoms with Crippen LogP contribution in [0.5, 0.6) is 0 Å². The van der Waals surface area contributed by atoms with Crippen LogP contribution >= 0.6 is 11.8 Å². The Bertz CT molecular complexity index is 633. The third-order valence-electron chi connectivity index (χ3n) is 3.67. The molecule has 1 aromatic carbocycles. The zero-order valence-corrected chi connectivity index (χ0v) is 14.7. The van der Waals surface area contributed by atoms with Gasteiger partial charge in [0.15, 0.2) is 0 Å². The first kappa shape index (κ1) is 17.5. The predicted octanol–water partition coefficient (Wildman–Crippen LogP) is 2.54. The Labute approximate surface area is 140 Å². The number of hydrogen-bond acceptors (Lipinski definition) is 5. The highest BCUT2D eigenvalue weighted by atomic mass is 32.2. The van der Waals surface area contributed by atoms with Crippen LogP contribution in [0.25, 0.3) is 0 Å². The molecule has 1 aliphatic heterocycles. The fourth-order valence-corrected chi connectivity index (χ4v) is 3.79. The minimum Gasteiger partial charge on any atom is -0.465 e. The number of amides is 2. The van der Waals surface area contributed by atoms with Gasteiger partial charge >= 0.3 is 5.97 Å².